The Morgan fingerprint density at radius 1 is 0.909 bits per heavy atom. The van der Waals surface area contributed by atoms with Crippen LogP contribution in [0, 0.1) is 5.41 Å². The molecule has 1 atom stereocenters. The summed E-state index contributed by atoms with van der Waals surface area (Å²) in [6.45, 7) is 5.00. The lowest BCUT2D eigenvalue weighted by Gasteiger charge is -2.30. The number of hydrogen-bond donors (Lipinski definition) is 1. The Morgan fingerprint density at radius 3 is 2.55 bits per heavy atom. The first-order valence-electron chi connectivity index (χ1n) is 11.5. The summed E-state index contributed by atoms with van der Waals surface area (Å²) in [4.78, 5) is 7.08. The summed E-state index contributed by atoms with van der Waals surface area (Å²) in [5.74, 6) is 1.26. The Hall–Kier alpha value is -3.48. The maximum absolute atomic E-state index is 9.13. The molecule has 1 N–H and O–H groups in total. The average Bonchev–Trinajstić information content (AvgIpc) is 2.88. The van der Waals surface area contributed by atoms with E-state index in [0.29, 0.717) is 17.9 Å². The van der Waals surface area contributed by atoms with Gasteiger partial charge >= 0.3 is 0 Å². The Labute approximate surface area is 192 Å². The van der Waals surface area contributed by atoms with Gasteiger partial charge in [0.05, 0.1) is 18.8 Å². The van der Waals surface area contributed by atoms with Gasteiger partial charge in [0.25, 0.3) is 0 Å². The Balaban J connectivity index is 1.46. The molecule has 0 amide bonds. The lowest BCUT2D eigenvalue weighted by molar-refractivity contribution is 0.0362. The van der Waals surface area contributed by atoms with Crippen molar-refractivity contribution in [3.63, 3.8) is 0 Å². The van der Waals surface area contributed by atoms with Crippen LogP contribution in [0.15, 0.2) is 73.1 Å². The molecule has 0 unspecified atom stereocenters. The number of fused-ring (bicyclic) bond motifs is 4. The number of rotatable bonds is 4. The fraction of sp³-hybridized carbons (Fsp3) is 0.259. The molecule has 0 radical (unpaired) electrons. The molecule has 6 heteroatoms. The molecule has 3 heterocycles. The predicted octanol–water partition coefficient (Wildman–Crippen LogP) is 4.13. The van der Waals surface area contributed by atoms with Gasteiger partial charge in [-0.15, -0.1) is 0 Å². The van der Waals surface area contributed by atoms with Crippen LogP contribution in [0.2, 0.25) is 0 Å². The van der Waals surface area contributed by atoms with Crippen molar-refractivity contribution in [2.45, 2.75) is 12.5 Å². The standard InChI is InChI=1S/C27H26N4O2/c28-26-24-23(20-7-2-1-3-8-20)22-11-10-19-6-4-5-9-21(19)25(22)33-27(24)29-18-31(26)13-12-30-14-16-32-17-15-30/h1-11,18,23,28H,12-17H2/t23-/m0/s1. The molecule has 1 fully saturated rings. The zero-order chi connectivity index (χ0) is 22.2. The normalized spacial score (nSPS) is 17.9. The van der Waals surface area contributed by atoms with Crippen LogP contribution in [0.3, 0.4) is 0 Å². The van der Waals surface area contributed by atoms with Crippen molar-refractivity contribution in [1.82, 2.24) is 14.5 Å². The number of hydrogen-bond acceptors (Lipinski definition) is 5. The number of nitrogens with one attached hydrogen (secondary N) is 1. The fourth-order valence-corrected chi connectivity index (χ4v) is 4.94. The first-order chi connectivity index (χ1) is 16.3. The zero-order valence-electron chi connectivity index (χ0n) is 18.4. The highest BCUT2D eigenvalue weighted by Gasteiger charge is 2.33. The van der Waals surface area contributed by atoms with E-state index in [0.717, 1.165) is 66.1 Å². The van der Waals surface area contributed by atoms with E-state index in [1.807, 2.05) is 22.8 Å². The highest BCUT2D eigenvalue weighted by molar-refractivity contribution is 5.91. The third-order valence-corrected chi connectivity index (χ3v) is 6.69. The van der Waals surface area contributed by atoms with Crippen molar-refractivity contribution in [1.29, 1.82) is 5.41 Å². The van der Waals surface area contributed by atoms with Crippen molar-refractivity contribution < 1.29 is 9.47 Å². The highest BCUT2D eigenvalue weighted by Crippen LogP contribution is 2.47. The maximum Gasteiger partial charge on any atom is 0.228 e. The summed E-state index contributed by atoms with van der Waals surface area (Å²) < 4.78 is 13.8. The molecule has 6 rings (SSSR count). The lowest BCUT2D eigenvalue weighted by atomic mass is 9.83. The first kappa shape index (κ1) is 20.1. The Morgan fingerprint density at radius 2 is 1.70 bits per heavy atom. The van der Waals surface area contributed by atoms with E-state index >= 15 is 0 Å². The van der Waals surface area contributed by atoms with Crippen LogP contribution in [0.25, 0.3) is 10.8 Å². The van der Waals surface area contributed by atoms with Gasteiger partial charge in [-0.05, 0) is 10.9 Å². The van der Waals surface area contributed by atoms with Gasteiger partial charge in [-0.1, -0.05) is 66.7 Å². The van der Waals surface area contributed by atoms with Gasteiger partial charge in [-0.2, -0.15) is 0 Å². The third-order valence-electron chi connectivity index (χ3n) is 6.69. The zero-order valence-corrected chi connectivity index (χ0v) is 18.4. The molecular formula is C27H26N4O2. The van der Waals surface area contributed by atoms with E-state index in [2.05, 4.69) is 53.4 Å². The van der Waals surface area contributed by atoms with Crippen molar-refractivity contribution >= 4 is 10.8 Å². The molecule has 1 aromatic heterocycles. The van der Waals surface area contributed by atoms with Crippen molar-refractivity contribution in [3.05, 3.63) is 95.2 Å². The quantitative estimate of drug-likeness (QED) is 0.458. The molecule has 1 saturated heterocycles. The largest absolute Gasteiger partial charge is 0.438 e. The van der Waals surface area contributed by atoms with E-state index in [9.17, 15) is 0 Å². The smallest absolute Gasteiger partial charge is 0.228 e. The molecule has 3 aromatic carbocycles. The van der Waals surface area contributed by atoms with Crippen LogP contribution < -0.4 is 10.2 Å². The SMILES string of the molecule is N=c1c2c(ncn1CCN1CCOCC1)Oc1c(ccc3ccccc13)[C@@H]2c1ccccc1. The molecule has 0 bridgehead atoms. The number of benzene rings is 3. The second-order valence-corrected chi connectivity index (χ2v) is 8.61. The van der Waals surface area contributed by atoms with Crippen LogP contribution in [-0.2, 0) is 11.3 Å². The minimum atomic E-state index is -0.106. The van der Waals surface area contributed by atoms with Gasteiger partial charge < -0.3 is 14.0 Å². The minimum Gasteiger partial charge on any atom is -0.438 e. The second-order valence-electron chi connectivity index (χ2n) is 8.61. The van der Waals surface area contributed by atoms with Crippen LogP contribution in [0.1, 0.15) is 22.6 Å². The minimum absolute atomic E-state index is 0.106. The first-order valence-corrected chi connectivity index (χ1v) is 11.5. The molecule has 2 aliphatic heterocycles. The Kier molecular flexibility index (Phi) is 5.17. The summed E-state index contributed by atoms with van der Waals surface area (Å²) in [7, 11) is 0. The third kappa shape index (κ3) is 3.61. The van der Waals surface area contributed by atoms with Gasteiger partial charge in [0.1, 0.15) is 17.6 Å². The van der Waals surface area contributed by atoms with Gasteiger partial charge in [0.15, 0.2) is 0 Å². The van der Waals surface area contributed by atoms with Crippen molar-refractivity contribution in [2.75, 3.05) is 32.8 Å². The molecule has 33 heavy (non-hydrogen) atoms. The summed E-state index contributed by atoms with van der Waals surface area (Å²) >= 11 is 0. The number of ether oxygens (including phenoxy) is 2. The fourth-order valence-electron chi connectivity index (χ4n) is 4.94. The van der Waals surface area contributed by atoms with Gasteiger partial charge in [0, 0.05) is 43.0 Å². The molecular weight excluding hydrogens is 412 g/mol. The number of aromatic nitrogens is 2. The molecule has 0 aliphatic carbocycles. The molecule has 166 valence electrons. The van der Waals surface area contributed by atoms with Crippen LogP contribution in [0.5, 0.6) is 11.6 Å². The predicted molar refractivity (Wildman–Crippen MR) is 127 cm³/mol. The van der Waals surface area contributed by atoms with E-state index in [1.165, 1.54) is 0 Å². The van der Waals surface area contributed by atoms with Crippen LogP contribution in [0.4, 0.5) is 0 Å². The van der Waals surface area contributed by atoms with Crippen LogP contribution in [-0.4, -0.2) is 47.3 Å². The van der Waals surface area contributed by atoms with E-state index in [4.69, 9.17) is 19.9 Å². The second kappa shape index (κ2) is 8.46. The summed E-state index contributed by atoms with van der Waals surface area (Å²) in [6.07, 6.45) is 1.75. The summed E-state index contributed by atoms with van der Waals surface area (Å²) in [5, 5.41) is 11.3. The lowest BCUT2D eigenvalue weighted by Crippen LogP contribution is -2.40. The summed E-state index contributed by atoms with van der Waals surface area (Å²) in [5.41, 5.74) is 3.50. The van der Waals surface area contributed by atoms with E-state index < -0.39 is 0 Å². The molecule has 0 saturated carbocycles. The van der Waals surface area contributed by atoms with Crippen LogP contribution >= 0.6 is 0 Å². The maximum atomic E-state index is 9.13. The summed E-state index contributed by atoms with van der Waals surface area (Å²) in [6, 6.07) is 22.9. The average molecular weight is 439 g/mol. The van der Waals surface area contributed by atoms with E-state index in [1.54, 1.807) is 6.33 Å². The molecule has 4 aromatic rings. The topological polar surface area (TPSA) is 63.4 Å². The Bertz CT molecular complexity index is 1360. The van der Waals surface area contributed by atoms with Gasteiger partial charge in [-0.3, -0.25) is 10.3 Å². The monoisotopic (exact) mass is 438 g/mol. The van der Waals surface area contributed by atoms with Crippen molar-refractivity contribution in [3.8, 4) is 11.6 Å². The number of nitrogens with zero attached hydrogens (tertiary/aromatic N) is 3. The molecule has 0 spiro atoms. The number of morpholine rings is 1. The highest BCUT2D eigenvalue weighted by atomic mass is 16.5. The van der Waals surface area contributed by atoms with Crippen molar-refractivity contribution in [2.24, 2.45) is 0 Å². The molecule has 2 aliphatic rings. The van der Waals surface area contributed by atoms with Gasteiger partial charge in [0.2, 0.25) is 5.88 Å². The van der Waals surface area contributed by atoms with E-state index in [-0.39, 0.29) is 5.92 Å². The van der Waals surface area contributed by atoms with Gasteiger partial charge in [-0.25, -0.2) is 4.98 Å². The molecule has 6 nitrogen and oxygen atoms in total.